The Hall–Kier alpha value is -2.73. The highest BCUT2D eigenvalue weighted by Gasteiger charge is 2.24. The van der Waals surface area contributed by atoms with Crippen molar-refractivity contribution in [2.45, 2.75) is 45.8 Å². The number of carbonyl (C=O) groups is 1. The Kier molecular flexibility index (Phi) is 6.24. The number of hydrazine groups is 1. The second-order valence-electron chi connectivity index (χ2n) is 8.34. The first-order chi connectivity index (χ1) is 12.9. The van der Waals surface area contributed by atoms with Crippen molar-refractivity contribution in [2.24, 2.45) is 0 Å². The minimum absolute atomic E-state index is 0.320. The van der Waals surface area contributed by atoms with Gasteiger partial charge in [-0.1, -0.05) is 18.7 Å². The summed E-state index contributed by atoms with van der Waals surface area (Å²) in [7, 11) is 3.80. The maximum Gasteiger partial charge on any atom is 0.418 e. The molecule has 2 aromatic rings. The molecule has 0 atom stereocenters. The average Bonchev–Trinajstić information content (AvgIpc) is 3.09. The monoisotopic (exact) mass is 384 g/mol. The number of hydrogen-bond acceptors (Lipinski definition) is 5. The Balaban J connectivity index is 2.11. The number of benzene rings is 1. The third-order valence-corrected chi connectivity index (χ3v) is 4.43. The molecule has 1 aromatic heterocycles. The van der Waals surface area contributed by atoms with Crippen LogP contribution in [0.1, 0.15) is 34.6 Å². The first-order valence-corrected chi connectivity index (χ1v) is 9.33. The fourth-order valence-electron chi connectivity index (χ4n) is 2.73. The SMILES string of the molecule is C=C(N(C)NC)C(C)(C)Nc1ccc(-c2ccn(C(=O)OC(C)(C)C)c2)cc1. The summed E-state index contributed by atoms with van der Waals surface area (Å²) >= 11 is 0. The number of ether oxygens (including phenoxy) is 1. The van der Waals surface area contributed by atoms with Crippen LogP contribution < -0.4 is 10.7 Å². The molecular weight excluding hydrogens is 352 g/mol. The van der Waals surface area contributed by atoms with Crippen molar-refractivity contribution in [3.05, 3.63) is 55.0 Å². The fourth-order valence-corrected chi connectivity index (χ4v) is 2.73. The lowest BCUT2D eigenvalue weighted by molar-refractivity contribution is 0.0537. The molecular formula is C22H32N4O2. The zero-order valence-electron chi connectivity index (χ0n) is 18.0. The molecule has 2 rings (SSSR count). The molecule has 0 amide bonds. The molecule has 2 N–H and O–H groups in total. The van der Waals surface area contributed by atoms with Crippen LogP contribution in [0.4, 0.5) is 10.5 Å². The summed E-state index contributed by atoms with van der Waals surface area (Å²) in [6.07, 6.45) is 3.12. The number of carbonyl (C=O) groups excluding carboxylic acids is 1. The van der Waals surface area contributed by atoms with Gasteiger partial charge in [0.05, 0.1) is 5.54 Å². The highest BCUT2D eigenvalue weighted by molar-refractivity contribution is 5.75. The first-order valence-electron chi connectivity index (χ1n) is 9.33. The molecule has 0 spiro atoms. The Morgan fingerprint density at radius 3 is 2.21 bits per heavy atom. The van der Waals surface area contributed by atoms with Crippen LogP contribution in [-0.2, 0) is 4.74 Å². The quantitative estimate of drug-likeness (QED) is 0.707. The van der Waals surface area contributed by atoms with Crippen molar-refractivity contribution in [1.82, 2.24) is 15.0 Å². The second-order valence-corrected chi connectivity index (χ2v) is 8.34. The summed E-state index contributed by atoms with van der Waals surface area (Å²) in [6, 6.07) is 10.00. The molecule has 6 nitrogen and oxygen atoms in total. The molecule has 0 radical (unpaired) electrons. The Bertz CT molecular complexity index is 829. The van der Waals surface area contributed by atoms with Crippen LogP contribution in [-0.4, -0.2) is 40.9 Å². The molecule has 0 aliphatic carbocycles. The van der Waals surface area contributed by atoms with Gasteiger partial charge in [0.15, 0.2) is 0 Å². The maximum absolute atomic E-state index is 12.2. The van der Waals surface area contributed by atoms with E-state index in [1.807, 2.05) is 70.2 Å². The van der Waals surface area contributed by atoms with Crippen molar-refractivity contribution in [1.29, 1.82) is 0 Å². The summed E-state index contributed by atoms with van der Waals surface area (Å²) in [4.78, 5) is 12.2. The van der Waals surface area contributed by atoms with E-state index in [0.717, 1.165) is 22.5 Å². The van der Waals surface area contributed by atoms with Crippen LogP contribution >= 0.6 is 0 Å². The smallest absolute Gasteiger partial charge is 0.418 e. The number of nitrogens with one attached hydrogen (secondary N) is 2. The molecule has 0 saturated heterocycles. The third-order valence-electron chi connectivity index (χ3n) is 4.43. The highest BCUT2D eigenvalue weighted by Crippen LogP contribution is 2.26. The summed E-state index contributed by atoms with van der Waals surface area (Å²) in [5, 5.41) is 5.39. The summed E-state index contributed by atoms with van der Waals surface area (Å²) in [6.45, 7) is 13.9. The van der Waals surface area contributed by atoms with E-state index in [-0.39, 0.29) is 11.6 Å². The van der Waals surface area contributed by atoms with E-state index >= 15 is 0 Å². The lowest BCUT2D eigenvalue weighted by Gasteiger charge is -2.35. The second kappa shape index (κ2) is 8.10. The Morgan fingerprint density at radius 2 is 1.68 bits per heavy atom. The predicted molar refractivity (Wildman–Crippen MR) is 115 cm³/mol. The number of aromatic nitrogens is 1. The summed E-state index contributed by atoms with van der Waals surface area (Å²) in [5.74, 6) is 0. The van der Waals surface area contributed by atoms with Crippen LogP contribution in [0, 0.1) is 0 Å². The van der Waals surface area contributed by atoms with Gasteiger partial charge < -0.3 is 15.1 Å². The van der Waals surface area contributed by atoms with Gasteiger partial charge in [-0.05, 0) is 63.9 Å². The normalized spacial score (nSPS) is 11.8. The Morgan fingerprint density at radius 1 is 1.07 bits per heavy atom. The molecule has 0 aliphatic heterocycles. The molecule has 0 saturated carbocycles. The number of anilines is 1. The number of rotatable bonds is 6. The number of hydrogen-bond donors (Lipinski definition) is 2. The van der Waals surface area contributed by atoms with Gasteiger partial charge in [0, 0.05) is 37.9 Å². The minimum atomic E-state index is -0.521. The van der Waals surface area contributed by atoms with E-state index in [0.29, 0.717) is 0 Å². The van der Waals surface area contributed by atoms with E-state index in [2.05, 4.69) is 31.2 Å². The van der Waals surface area contributed by atoms with Gasteiger partial charge in [0.2, 0.25) is 0 Å². The minimum Gasteiger partial charge on any atom is -0.443 e. The fraction of sp³-hybridized carbons (Fsp3) is 0.409. The van der Waals surface area contributed by atoms with Crippen LogP contribution in [0.3, 0.4) is 0 Å². The van der Waals surface area contributed by atoms with Gasteiger partial charge in [-0.2, -0.15) is 0 Å². The largest absolute Gasteiger partial charge is 0.443 e. The molecule has 0 bridgehead atoms. The number of likely N-dealkylation sites (N-methyl/N-ethyl adjacent to an activating group) is 1. The van der Waals surface area contributed by atoms with Crippen molar-refractivity contribution in [3.8, 4) is 11.1 Å². The molecule has 0 unspecified atom stereocenters. The van der Waals surface area contributed by atoms with E-state index in [4.69, 9.17) is 4.74 Å². The van der Waals surface area contributed by atoms with Crippen molar-refractivity contribution < 1.29 is 9.53 Å². The molecule has 1 heterocycles. The Labute approximate surface area is 168 Å². The van der Waals surface area contributed by atoms with Gasteiger partial charge in [0.25, 0.3) is 0 Å². The van der Waals surface area contributed by atoms with Gasteiger partial charge in [-0.15, -0.1) is 0 Å². The average molecular weight is 385 g/mol. The molecule has 0 fully saturated rings. The lowest BCUT2D eigenvalue weighted by Crippen LogP contribution is -2.44. The van der Waals surface area contributed by atoms with Crippen molar-refractivity contribution in [2.75, 3.05) is 19.4 Å². The van der Waals surface area contributed by atoms with Crippen LogP contribution in [0.5, 0.6) is 0 Å². The van der Waals surface area contributed by atoms with E-state index in [1.54, 1.807) is 12.4 Å². The van der Waals surface area contributed by atoms with E-state index in [1.165, 1.54) is 4.57 Å². The topological polar surface area (TPSA) is 58.5 Å². The van der Waals surface area contributed by atoms with Gasteiger partial charge in [0.1, 0.15) is 5.60 Å². The van der Waals surface area contributed by atoms with E-state index in [9.17, 15) is 4.79 Å². The summed E-state index contributed by atoms with van der Waals surface area (Å²) < 4.78 is 6.86. The van der Waals surface area contributed by atoms with Crippen LogP contribution in [0.25, 0.3) is 11.1 Å². The summed E-state index contributed by atoms with van der Waals surface area (Å²) in [5.41, 5.74) is 6.12. The lowest BCUT2D eigenvalue weighted by atomic mass is 10.00. The third kappa shape index (κ3) is 5.39. The zero-order chi connectivity index (χ0) is 21.1. The van der Waals surface area contributed by atoms with Gasteiger partial charge >= 0.3 is 6.09 Å². The van der Waals surface area contributed by atoms with Crippen molar-refractivity contribution in [3.63, 3.8) is 0 Å². The van der Waals surface area contributed by atoms with Crippen LogP contribution in [0.2, 0.25) is 0 Å². The standard InChI is InChI=1S/C22H32N4O2/c1-16(25(8)23-7)22(5,6)24-19-11-9-17(10-12-19)18-13-14-26(15-18)20(27)28-21(2,3)4/h9-15,23-24H,1H2,2-8H3. The van der Waals surface area contributed by atoms with Gasteiger partial charge in [-0.25, -0.2) is 10.2 Å². The van der Waals surface area contributed by atoms with Crippen molar-refractivity contribution >= 4 is 11.8 Å². The highest BCUT2D eigenvalue weighted by atomic mass is 16.6. The first kappa shape index (κ1) is 21.6. The molecule has 28 heavy (non-hydrogen) atoms. The maximum atomic E-state index is 12.2. The number of nitrogens with zero attached hydrogens (tertiary/aromatic N) is 2. The van der Waals surface area contributed by atoms with E-state index < -0.39 is 5.60 Å². The molecule has 1 aromatic carbocycles. The molecule has 6 heteroatoms. The van der Waals surface area contributed by atoms with Crippen LogP contribution in [0.15, 0.2) is 55.0 Å². The molecule has 152 valence electrons. The predicted octanol–water partition coefficient (Wildman–Crippen LogP) is 4.71. The zero-order valence-corrected chi connectivity index (χ0v) is 18.0. The molecule has 0 aliphatic rings. The van der Waals surface area contributed by atoms with Gasteiger partial charge in [-0.3, -0.25) is 4.57 Å².